The minimum absolute atomic E-state index is 0.211. The summed E-state index contributed by atoms with van der Waals surface area (Å²) in [6.07, 6.45) is 0. The van der Waals surface area contributed by atoms with Crippen molar-refractivity contribution in [3.05, 3.63) is 29.8 Å². The van der Waals surface area contributed by atoms with Crippen LogP contribution in [0.3, 0.4) is 0 Å². The van der Waals surface area contributed by atoms with Crippen LogP contribution in [0.1, 0.15) is 19.7 Å². The molecule has 0 aliphatic carbocycles. The normalized spacial score (nSPS) is 11.2. The molecule has 2 aromatic rings. The number of nitrogens with zero attached hydrogens (tertiary/aromatic N) is 2. The minimum Gasteiger partial charge on any atom is -0.327 e. The van der Waals surface area contributed by atoms with Crippen molar-refractivity contribution < 1.29 is 4.39 Å². The fourth-order valence-corrected chi connectivity index (χ4v) is 1.87. The number of halogens is 1. The van der Waals surface area contributed by atoms with Crippen molar-refractivity contribution in [2.45, 2.75) is 26.9 Å². The first-order chi connectivity index (χ1) is 7.76. The van der Waals surface area contributed by atoms with Gasteiger partial charge in [-0.25, -0.2) is 9.37 Å². The molecule has 3 nitrogen and oxygen atoms in total. The number of nitrogens with one attached hydrogen (secondary N) is 1. The summed E-state index contributed by atoms with van der Waals surface area (Å²) in [6.45, 7) is 6.53. The molecule has 0 spiro atoms. The highest BCUT2D eigenvalue weighted by Gasteiger charge is 2.09. The van der Waals surface area contributed by atoms with Gasteiger partial charge in [-0.1, -0.05) is 6.92 Å². The first-order valence-corrected chi connectivity index (χ1v) is 5.61. The molecule has 4 heteroatoms. The second-order valence-electron chi connectivity index (χ2n) is 3.69. The Morgan fingerprint density at radius 2 is 2.19 bits per heavy atom. The van der Waals surface area contributed by atoms with Gasteiger partial charge in [0.1, 0.15) is 11.6 Å². The molecule has 86 valence electrons. The van der Waals surface area contributed by atoms with Gasteiger partial charge in [0.25, 0.3) is 0 Å². The van der Waals surface area contributed by atoms with Crippen molar-refractivity contribution in [1.82, 2.24) is 14.9 Å². The van der Waals surface area contributed by atoms with E-state index in [1.165, 1.54) is 6.07 Å². The Morgan fingerprint density at radius 1 is 1.38 bits per heavy atom. The molecule has 1 heterocycles. The zero-order valence-corrected chi connectivity index (χ0v) is 9.63. The highest BCUT2D eigenvalue weighted by molar-refractivity contribution is 5.76. The predicted octanol–water partition coefficient (Wildman–Crippen LogP) is 2.30. The molecule has 0 saturated carbocycles. The fraction of sp³-hybridized carbons (Fsp3) is 0.417. The van der Waals surface area contributed by atoms with E-state index in [9.17, 15) is 4.39 Å². The van der Waals surface area contributed by atoms with Gasteiger partial charge < -0.3 is 9.88 Å². The Hall–Kier alpha value is -1.42. The van der Waals surface area contributed by atoms with Crippen LogP contribution in [0.15, 0.2) is 18.2 Å². The molecule has 0 aliphatic heterocycles. The number of benzene rings is 1. The Bertz CT molecular complexity index is 490. The van der Waals surface area contributed by atoms with Crippen LogP contribution in [0.2, 0.25) is 0 Å². The molecule has 0 atom stereocenters. The van der Waals surface area contributed by atoms with E-state index in [1.54, 1.807) is 12.1 Å². The average Bonchev–Trinajstić information content (AvgIpc) is 2.63. The van der Waals surface area contributed by atoms with E-state index in [4.69, 9.17) is 0 Å². The van der Waals surface area contributed by atoms with Crippen LogP contribution in [0.25, 0.3) is 11.0 Å². The Balaban J connectivity index is 2.49. The molecule has 1 aromatic heterocycles. The van der Waals surface area contributed by atoms with Crippen molar-refractivity contribution in [2.75, 3.05) is 6.54 Å². The van der Waals surface area contributed by atoms with Crippen molar-refractivity contribution in [2.24, 2.45) is 0 Å². The summed E-state index contributed by atoms with van der Waals surface area (Å²) in [5.41, 5.74) is 1.73. The fourth-order valence-electron chi connectivity index (χ4n) is 1.87. The van der Waals surface area contributed by atoms with E-state index < -0.39 is 0 Å². The van der Waals surface area contributed by atoms with Crippen LogP contribution in [-0.2, 0) is 13.1 Å². The summed E-state index contributed by atoms with van der Waals surface area (Å²) in [7, 11) is 0. The highest BCUT2D eigenvalue weighted by Crippen LogP contribution is 2.17. The maximum atomic E-state index is 13.2. The lowest BCUT2D eigenvalue weighted by molar-refractivity contribution is 0.623. The van der Waals surface area contributed by atoms with E-state index in [-0.39, 0.29) is 5.82 Å². The molecule has 0 saturated heterocycles. The Labute approximate surface area is 94.3 Å². The second-order valence-corrected chi connectivity index (χ2v) is 3.69. The van der Waals surface area contributed by atoms with Crippen molar-refractivity contribution >= 4 is 11.0 Å². The zero-order chi connectivity index (χ0) is 11.5. The molecule has 0 radical (unpaired) electrons. The molecule has 0 amide bonds. The third-order valence-electron chi connectivity index (χ3n) is 2.64. The summed E-state index contributed by atoms with van der Waals surface area (Å²) in [6, 6.07) is 4.72. The lowest BCUT2D eigenvalue weighted by atomic mass is 10.3. The van der Waals surface area contributed by atoms with E-state index in [1.807, 2.05) is 11.5 Å². The van der Waals surface area contributed by atoms with E-state index in [0.29, 0.717) is 0 Å². The van der Waals surface area contributed by atoms with Crippen molar-refractivity contribution in [3.8, 4) is 0 Å². The molecule has 16 heavy (non-hydrogen) atoms. The van der Waals surface area contributed by atoms with Gasteiger partial charge >= 0.3 is 0 Å². The summed E-state index contributed by atoms with van der Waals surface area (Å²) >= 11 is 0. The maximum Gasteiger partial charge on any atom is 0.125 e. The van der Waals surface area contributed by atoms with Crippen LogP contribution >= 0.6 is 0 Å². The molecule has 0 fully saturated rings. The number of imidazole rings is 1. The third-order valence-corrected chi connectivity index (χ3v) is 2.64. The Morgan fingerprint density at radius 3 is 2.88 bits per heavy atom. The quantitative estimate of drug-likeness (QED) is 0.858. The van der Waals surface area contributed by atoms with Gasteiger partial charge in [-0.05, 0) is 31.7 Å². The highest BCUT2D eigenvalue weighted by atomic mass is 19.1. The van der Waals surface area contributed by atoms with Gasteiger partial charge in [0.2, 0.25) is 0 Å². The van der Waals surface area contributed by atoms with Crippen LogP contribution in [0, 0.1) is 5.82 Å². The topological polar surface area (TPSA) is 29.9 Å². The number of aryl methyl sites for hydroxylation is 1. The molecule has 1 N–H and O–H groups in total. The number of aromatic nitrogens is 2. The molecule has 1 aromatic carbocycles. The third kappa shape index (κ3) is 1.93. The minimum atomic E-state index is -0.211. The number of fused-ring (bicyclic) bond motifs is 1. The first kappa shape index (κ1) is 11.1. The standard InChI is InChI=1S/C12H16FN3/c1-3-14-8-12-15-10-6-5-9(13)7-11(10)16(12)4-2/h5-7,14H,3-4,8H2,1-2H3. The summed E-state index contributed by atoms with van der Waals surface area (Å²) in [5, 5.41) is 3.24. The molecule has 0 bridgehead atoms. The lowest BCUT2D eigenvalue weighted by Gasteiger charge is -2.05. The number of rotatable bonds is 4. The van der Waals surface area contributed by atoms with Gasteiger partial charge in [0.05, 0.1) is 17.6 Å². The van der Waals surface area contributed by atoms with Crippen molar-refractivity contribution in [3.63, 3.8) is 0 Å². The lowest BCUT2D eigenvalue weighted by Crippen LogP contribution is -2.16. The zero-order valence-electron chi connectivity index (χ0n) is 9.63. The number of hydrogen-bond acceptors (Lipinski definition) is 2. The molecule has 2 rings (SSSR count). The van der Waals surface area contributed by atoms with Gasteiger partial charge in [-0.15, -0.1) is 0 Å². The number of hydrogen-bond donors (Lipinski definition) is 1. The Kier molecular flexibility index (Phi) is 3.19. The molecule has 0 aliphatic rings. The summed E-state index contributed by atoms with van der Waals surface area (Å²) < 4.78 is 15.2. The van der Waals surface area contributed by atoms with Gasteiger partial charge in [-0.2, -0.15) is 0 Å². The molecular formula is C12H16FN3. The van der Waals surface area contributed by atoms with Crippen molar-refractivity contribution in [1.29, 1.82) is 0 Å². The van der Waals surface area contributed by atoms with Gasteiger partial charge in [-0.3, -0.25) is 0 Å². The van der Waals surface area contributed by atoms with E-state index >= 15 is 0 Å². The SMILES string of the molecule is CCNCc1nc2ccc(F)cc2n1CC. The van der Waals surface area contributed by atoms with E-state index in [2.05, 4.69) is 17.2 Å². The first-order valence-electron chi connectivity index (χ1n) is 5.61. The maximum absolute atomic E-state index is 13.2. The van der Waals surface area contributed by atoms with Crippen LogP contribution in [-0.4, -0.2) is 16.1 Å². The van der Waals surface area contributed by atoms with Crippen LogP contribution in [0.4, 0.5) is 4.39 Å². The molecule has 0 unspecified atom stereocenters. The van der Waals surface area contributed by atoms with Crippen LogP contribution in [0.5, 0.6) is 0 Å². The van der Waals surface area contributed by atoms with Gasteiger partial charge in [0.15, 0.2) is 0 Å². The van der Waals surface area contributed by atoms with Crippen LogP contribution < -0.4 is 5.32 Å². The largest absolute Gasteiger partial charge is 0.327 e. The molecular weight excluding hydrogens is 205 g/mol. The monoisotopic (exact) mass is 221 g/mol. The smallest absolute Gasteiger partial charge is 0.125 e. The summed E-state index contributed by atoms with van der Waals surface area (Å²) in [5.74, 6) is 0.752. The van der Waals surface area contributed by atoms with Gasteiger partial charge in [0, 0.05) is 6.54 Å². The second kappa shape index (κ2) is 4.61. The predicted molar refractivity (Wildman–Crippen MR) is 62.7 cm³/mol. The average molecular weight is 221 g/mol. The van der Waals surface area contributed by atoms with E-state index in [0.717, 1.165) is 36.5 Å². The summed E-state index contributed by atoms with van der Waals surface area (Å²) in [4.78, 5) is 4.50.